The molecule has 3 aromatic rings. The van der Waals surface area contributed by atoms with Gasteiger partial charge < -0.3 is 4.90 Å². The third-order valence-corrected chi connectivity index (χ3v) is 5.42. The second-order valence-corrected chi connectivity index (χ2v) is 6.91. The number of fused-ring (bicyclic) bond motifs is 2. The van der Waals surface area contributed by atoms with E-state index in [9.17, 15) is 14.9 Å². The summed E-state index contributed by atoms with van der Waals surface area (Å²) in [5.74, 6) is -0.231. The van der Waals surface area contributed by atoms with Crippen molar-refractivity contribution < 1.29 is 9.72 Å². The minimum atomic E-state index is -0.436. The maximum Gasteiger partial charge on any atom is 0.284 e. The van der Waals surface area contributed by atoms with E-state index in [1.165, 1.54) is 17.8 Å². The van der Waals surface area contributed by atoms with Gasteiger partial charge in [0, 0.05) is 11.0 Å². The van der Waals surface area contributed by atoms with Crippen LogP contribution in [-0.2, 0) is 6.54 Å². The van der Waals surface area contributed by atoms with Crippen molar-refractivity contribution in [2.24, 2.45) is 0 Å². The van der Waals surface area contributed by atoms with Crippen molar-refractivity contribution in [3.63, 3.8) is 0 Å². The summed E-state index contributed by atoms with van der Waals surface area (Å²) in [5.41, 5.74) is 2.07. The van der Waals surface area contributed by atoms with Crippen molar-refractivity contribution in [1.29, 1.82) is 0 Å². The highest BCUT2D eigenvalue weighted by Crippen LogP contribution is 2.45. The van der Waals surface area contributed by atoms with E-state index in [1.54, 1.807) is 17.0 Å². The van der Waals surface area contributed by atoms with Gasteiger partial charge in [0.1, 0.15) is 4.90 Å². The molecule has 1 aliphatic heterocycles. The Hall–Kier alpha value is -3.12. The number of anilines is 1. The zero-order valence-electron chi connectivity index (χ0n) is 13.7. The summed E-state index contributed by atoms with van der Waals surface area (Å²) in [6.45, 7) is 0.402. The van der Waals surface area contributed by atoms with Crippen LogP contribution in [0.2, 0.25) is 0 Å². The molecule has 0 aliphatic carbocycles. The molecule has 0 unspecified atom stereocenters. The Morgan fingerprint density at radius 1 is 0.923 bits per heavy atom. The standard InChI is InChI=1S/C20H14N2O3S/c23-20-15-9-6-11-17(22(24)25)19(15)26-18-12-5-4-10-16(18)21(20)13-14-7-2-1-3-8-14/h1-12H,13H2. The summed E-state index contributed by atoms with van der Waals surface area (Å²) in [6, 6.07) is 21.9. The molecule has 0 aromatic heterocycles. The molecule has 1 aliphatic rings. The zero-order valence-corrected chi connectivity index (χ0v) is 14.5. The Morgan fingerprint density at radius 2 is 1.65 bits per heavy atom. The summed E-state index contributed by atoms with van der Waals surface area (Å²) in [4.78, 5) is 27.2. The number of rotatable bonds is 3. The molecule has 0 N–H and O–H groups in total. The number of nitro groups is 1. The molecule has 0 saturated carbocycles. The highest BCUT2D eigenvalue weighted by molar-refractivity contribution is 7.99. The van der Waals surface area contributed by atoms with Crippen LogP contribution in [0.25, 0.3) is 0 Å². The molecular formula is C20H14N2O3S. The van der Waals surface area contributed by atoms with Crippen molar-refractivity contribution in [1.82, 2.24) is 0 Å². The summed E-state index contributed by atoms with van der Waals surface area (Å²) in [6.07, 6.45) is 0. The monoisotopic (exact) mass is 362 g/mol. The van der Waals surface area contributed by atoms with E-state index in [0.29, 0.717) is 17.0 Å². The molecule has 1 heterocycles. The van der Waals surface area contributed by atoms with Crippen LogP contribution in [0, 0.1) is 10.1 Å². The second kappa shape index (κ2) is 6.65. The number of carbonyl (C=O) groups excluding carboxylic acids is 1. The number of nitro benzene ring substituents is 1. The van der Waals surface area contributed by atoms with Gasteiger partial charge in [0.15, 0.2) is 0 Å². The van der Waals surface area contributed by atoms with Crippen LogP contribution in [0.3, 0.4) is 0 Å². The van der Waals surface area contributed by atoms with Crippen molar-refractivity contribution in [2.75, 3.05) is 4.90 Å². The first kappa shape index (κ1) is 16.4. The first-order valence-electron chi connectivity index (χ1n) is 8.05. The maximum absolute atomic E-state index is 13.3. The Balaban J connectivity index is 1.89. The summed E-state index contributed by atoms with van der Waals surface area (Å²) in [5, 5.41) is 11.4. The highest BCUT2D eigenvalue weighted by atomic mass is 32.2. The number of hydrogen-bond acceptors (Lipinski definition) is 4. The Morgan fingerprint density at radius 3 is 2.42 bits per heavy atom. The van der Waals surface area contributed by atoms with Crippen molar-refractivity contribution in [2.45, 2.75) is 16.3 Å². The van der Waals surface area contributed by atoms with Gasteiger partial charge in [-0.3, -0.25) is 14.9 Å². The van der Waals surface area contributed by atoms with Gasteiger partial charge in [-0.1, -0.05) is 60.3 Å². The number of hydrogen-bond donors (Lipinski definition) is 0. The van der Waals surface area contributed by atoms with Crippen LogP contribution in [0.15, 0.2) is 82.6 Å². The van der Waals surface area contributed by atoms with E-state index in [-0.39, 0.29) is 11.6 Å². The lowest BCUT2D eigenvalue weighted by atomic mass is 10.1. The van der Waals surface area contributed by atoms with Crippen molar-refractivity contribution in [3.8, 4) is 0 Å². The van der Waals surface area contributed by atoms with Crippen LogP contribution < -0.4 is 4.90 Å². The minimum absolute atomic E-state index is 0.0442. The molecule has 0 fully saturated rings. The molecule has 26 heavy (non-hydrogen) atoms. The molecule has 128 valence electrons. The lowest BCUT2D eigenvalue weighted by molar-refractivity contribution is -0.387. The molecule has 0 saturated heterocycles. The van der Waals surface area contributed by atoms with E-state index < -0.39 is 4.92 Å². The van der Waals surface area contributed by atoms with E-state index in [0.717, 1.165) is 16.1 Å². The average molecular weight is 362 g/mol. The lowest BCUT2D eigenvalue weighted by Crippen LogP contribution is -2.30. The minimum Gasteiger partial charge on any atom is -0.303 e. The highest BCUT2D eigenvalue weighted by Gasteiger charge is 2.31. The fraction of sp³-hybridized carbons (Fsp3) is 0.0500. The molecule has 0 spiro atoms. The third kappa shape index (κ3) is 2.84. The normalized spacial score (nSPS) is 12.9. The van der Waals surface area contributed by atoms with E-state index in [1.807, 2.05) is 54.6 Å². The molecule has 0 bridgehead atoms. The predicted molar refractivity (Wildman–Crippen MR) is 101 cm³/mol. The fourth-order valence-electron chi connectivity index (χ4n) is 3.00. The van der Waals surface area contributed by atoms with Gasteiger partial charge in [0.25, 0.3) is 11.6 Å². The topological polar surface area (TPSA) is 63.4 Å². The molecule has 3 aromatic carbocycles. The number of nitrogens with zero attached hydrogens (tertiary/aromatic N) is 2. The van der Waals surface area contributed by atoms with Gasteiger partial charge in [0.2, 0.25) is 0 Å². The SMILES string of the molecule is O=C1c2cccc([N+](=O)[O-])c2Sc2ccccc2N1Cc1ccccc1. The van der Waals surface area contributed by atoms with Crippen LogP contribution >= 0.6 is 11.8 Å². The zero-order chi connectivity index (χ0) is 18.1. The van der Waals surface area contributed by atoms with Gasteiger partial charge >= 0.3 is 0 Å². The van der Waals surface area contributed by atoms with E-state index >= 15 is 0 Å². The van der Waals surface area contributed by atoms with Crippen molar-refractivity contribution in [3.05, 3.63) is 94.0 Å². The molecule has 1 amide bonds. The summed E-state index contributed by atoms with van der Waals surface area (Å²) < 4.78 is 0. The van der Waals surface area contributed by atoms with Gasteiger partial charge in [-0.25, -0.2) is 0 Å². The van der Waals surface area contributed by atoms with Crippen LogP contribution in [0.1, 0.15) is 15.9 Å². The molecule has 5 nitrogen and oxygen atoms in total. The van der Waals surface area contributed by atoms with E-state index in [2.05, 4.69) is 0 Å². The quantitative estimate of drug-likeness (QED) is 0.491. The molecular weight excluding hydrogens is 348 g/mol. The fourth-order valence-corrected chi connectivity index (χ4v) is 4.16. The largest absolute Gasteiger partial charge is 0.303 e. The predicted octanol–water partition coefficient (Wildman–Crippen LogP) is 4.91. The van der Waals surface area contributed by atoms with Crippen LogP contribution in [-0.4, -0.2) is 10.8 Å². The lowest BCUT2D eigenvalue weighted by Gasteiger charge is -2.23. The molecule has 4 rings (SSSR count). The number of para-hydroxylation sites is 1. The second-order valence-electron chi connectivity index (χ2n) is 5.86. The Bertz CT molecular complexity index is 1000. The van der Waals surface area contributed by atoms with Gasteiger partial charge in [-0.05, 0) is 23.8 Å². The van der Waals surface area contributed by atoms with E-state index in [4.69, 9.17) is 0 Å². The van der Waals surface area contributed by atoms with Crippen molar-refractivity contribution >= 4 is 29.0 Å². The first-order chi connectivity index (χ1) is 12.6. The van der Waals surface area contributed by atoms with Gasteiger partial charge in [-0.15, -0.1) is 0 Å². The third-order valence-electron chi connectivity index (χ3n) is 4.22. The summed E-state index contributed by atoms with van der Waals surface area (Å²) in [7, 11) is 0. The number of amides is 1. The Labute approximate surface area is 154 Å². The first-order valence-corrected chi connectivity index (χ1v) is 8.87. The molecule has 0 atom stereocenters. The average Bonchev–Trinajstić information content (AvgIpc) is 2.78. The van der Waals surface area contributed by atoms with Gasteiger partial charge in [-0.2, -0.15) is 0 Å². The maximum atomic E-state index is 13.3. The van der Waals surface area contributed by atoms with Crippen LogP contribution in [0.4, 0.5) is 11.4 Å². The van der Waals surface area contributed by atoms with Crippen LogP contribution in [0.5, 0.6) is 0 Å². The van der Waals surface area contributed by atoms with Gasteiger partial charge in [0.05, 0.1) is 22.7 Å². The molecule has 0 radical (unpaired) electrons. The number of benzene rings is 3. The number of carbonyl (C=O) groups is 1. The Kier molecular flexibility index (Phi) is 4.18. The smallest absolute Gasteiger partial charge is 0.284 e. The summed E-state index contributed by atoms with van der Waals surface area (Å²) >= 11 is 1.27. The molecule has 6 heteroatoms.